The average Bonchev–Trinajstić information content (AvgIpc) is 2.43. The van der Waals surface area contributed by atoms with Crippen LogP contribution >= 0.6 is 0 Å². The number of rotatable bonds is 1. The van der Waals surface area contributed by atoms with Crippen LogP contribution in [0, 0.1) is 40.4 Å². The van der Waals surface area contributed by atoms with Crippen LogP contribution in [0.5, 0.6) is 0 Å². The van der Waals surface area contributed by atoms with Crippen LogP contribution in [-0.2, 0) is 0 Å². The summed E-state index contributed by atoms with van der Waals surface area (Å²) in [7, 11) is 0. The standard InChI is InChI=1S/C19H32O/c1-18-9-4-3-5-13(18)6-7-15-16(18)8-10-19(2)14(12-20)11-17(15)19/h13-17,20H,3-12H2,1-2H3. The molecule has 0 amide bonds. The molecule has 0 bridgehead atoms. The Morgan fingerprint density at radius 2 is 1.75 bits per heavy atom. The third-order valence-corrected chi connectivity index (χ3v) is 8.71. The zero-order chi connectivity index (χ0) is 14.0. The first-order valence-corrected chi connectivity index (χ1v) is 9.20. The lowest BCUT2D eigenvalue weighted by Gasteiger charge is -2.67. The predicted molar refractivity (Wildman–Crippen MR) is 82.3 cm³/mol. The Bertz CT molecular complexity index is 391. The Kier molecular flexibility index (Phi) is 3.05. The van der Waals surface area contributed by atoms with Crippen LogP contribution in [-0.4, -0.2) is 11.7 Å². The van der Waals surface area contributed by atoms with E-state index in [1.165, 1.54) is 57.8 Å². The minimum Gasteiger partial charge on any atom is -0.396 e. The van der Waals surface area contributed by atoms with E-state index in [1.807, 2.05) is 0 Å². The lowest BCUT2D eigenvalue weighted by atomic mass is 9.38. The number of aliphatic hydroxyl groups excluding tert-OH is 1. The molecular formula is C19H32O. The second-order valence-corrected chi connectivity index (χ2v) is 9.06. The Hall–Kier alpha value is -0.0400. The largest absolute Gasteiger partial charge is 0.396 e. The summed E-state index contributed by atoms with van der Waals surface area (Å²) >= 11 is 0. The highest BCUT2D eigenvalue weighted by molar-refractivity contribution is 5.11. The van der Waals surface area contributed by atoms with Crippen molar-refractivity contribution in [1.29, 1.82) is 0 Å². The van der Waals surface area contributed by atoms with Gasteiger partial charge in [0, 0.05) is 6.61 Å². The summed E-state index contributed by atoms with van der Waals surface area (Å²) in [6.07, 6.45) is 13.2. The zero-order valence-corrected chi connectivity index (χ0v) is 13.4. The Labute approximate surface area is 124 Å². The Morgan fingerprint density at radius 1 is 0.900 bits per heavy atom. The molecule has 0 aromatic rings. The molecule has 4 aliphatic rings. The lowest BCUT2D eigenvalue weighted by molar-refractivity contribution is -0.188. The zero-order valence-electron chi connectivity index (χ0n) is 13.4. The molecule has 1 heteroatoms. The molecular weight excluding hydrogens is 244 g/mol. The van der Waals surface area contributed by atoms with Gasteiger partial charge in [-0.1, -0.05) is 26.7 Å². The molecule has 0 spiro atoms. The maximum Gasteiger partial charge on any atom is 0.0464 e. The second-order valence-electron chi connectivity index (χ2n) is 9.06. The van der Waals surface area contributed by atoms with E-state index in [0.717, 1.165) is 23.7 Å². The fraction of sp³-hybridized carbons (Fsp3) is 1.00. The van der Waals surface area contributed by atoms with Gasteiger partial charge in [0.2, 0.25) is 0 Å². The molecule has 7 unspecified atom stereocenters. The maximum atomic E-state index is 9.62. The van der Waals surface area contributed by atoms with E-state index in [-0.39, 0.29) is 0 Å². The van der Waals surface area contributed by atoms with Gasteiger partial charge in [-0.05, 0) is 85.4 Å². The highest BCUT2D eigenvalue weighted by Gasteiger charge is 2.62. The van der Waals surface area contributed by atoms with Crippen LogP contribution in [0.4, 0.5) is 0 Å². The predicted octanol–water partition coefficient (Wildman–Crippen LogP) is 4.64. The fourth-order valence-electron chi connectivity index (χ4n) is 7.29. The first kappa shape index (κ1) is 13.6. The van der Waals surface area contributed by atoms with Gasteiger partial charge in [-0.3, -0.25) is 0 Å². The second kappa shape index (κ2) is 4.48. The normalized spacial score (nSPS) is 58.0. The summed E-state index contributed by atoms with van der Waals surface area (Å²) < 4.78 is 0. The van der Waals surface area contributed by atoms with Gasteiger partial charge in [-0.2, -0.15) is 0 Å². The van der Waals surface area contributed by atoms with Gasteiger partial charge in [0.25, 0.3) is 0 Å². The smallest absolute Gasteiger partial charge is 0.0464 e. The molecule has 4 aliphatic carbocycles. The molecule has 7 atom stereocenters. The van der Waals surface area contributed by atoms with E-state index in [1.54, 1.807) is 0 Å². The van der Waals surface area contributed by atoms with Crippen LogP contribution in [0.25, 0.3) is 0 Å². The number of hydrogen-bond acceptors (Lipinski definition) is 1. The summed E-state index contributed by atoms with van der Waals surface area (Å²) in [6, 6.07) is 0. The highest BCUT2D eigenvalue weighted by Crippen LogP contribution is 2.69. The van der Waals surface area contributed by atoms with Gasteiger partial charge in [0.15, 0.2) is 0 Å². The number of hydrogen-bond donors (Lipinski definition) is 1. The van der Waals surface area contributed by atoms with Gasteiger partial charge in [-0.25, -0.2) is 0 Å². The molecule has 20 heavy (non-hydrogen) atoms. The van der Waals surface area contributed by atoms with Crippen molar-refractivity contribution in [1.82, 2.24) is 0 Å². The van der Waals surface area contributed by atoms with Crippen molar-refractivity contribution in [2.24, 2.45) is 40.4 Å². The highest BCUT2D eigenvalue weighted by atomic mass is 16.3. The van der Waals surface area contributed by atoms with E-state index >= 15 is 0 Å². The monoisotopic (exact) mass is 276 g/mol. The lowest BCUT2D eigenvalue weighted by Crippen LogP contribution is -2.60. The van der Waals surface area contributed by atoms with Crippen molar-refractivity contribution in [3.8, 4) is 0 Å². The van der Waals surface area contributed by atoms with Crippen molar-refractivity contribution in [2.75, 3.05) is 6.61 Å². The van der Waals surface area contributed by atoms with Gasteiger partial charge in [-0.15, -0.1) is 0 Å². The number of fused-ring (bicyclic) bond motifs is 5. The van der Waals surface area contributed by atoms with Gasteiger partial charge in [0.1, 0.15) is 0 Å². The van der Waals surface area contributed by atoms with Gasteiger partial charge >= 0.3 is 0 Å². The summed E-state index contributed by atoms with van der Waals surface area (Å²) in [5.41, 5.74) is 1.17. The SMILES string of the molecule is CC12CCCCC1CCC1C2CCC2(C)C(CO)CC12. The van der Waals surface area contributed by atoms with Crippen LogP contribution < -0.4 is 0 Å². The average molecular weight is 276 g/mol. The number of aliphatic hydroxyl groups is 1. The molecule has 4 fully saturated rings. The third-order valence-electron chi connectivity index (χ3n) is 8.71. The minimum absolute atomic E-state index is 0.435. The topological polar surface area (TPSA) is 20.2 Å². The summed E-state index contributed by atoms with van der Waals surface area (Å²) in [5.74, 6) is 4.61. The molecule has 4 saturated carbocycles. The quantitative estimate of drug-likeness (QED) is 0.740. The van der Waals surface area contributed by atoms with E-state index in [0.29, 0.717) is 23.4 Å². The Balaban J connectivity index is 1.59. The van der Waals surface area contributed by atoms with Crippen molar-refractivity contribution in [2.45, 2.75) is 71.6 Å². The van der Waals surface area contributed by atoms with Crippen LogP contribution in [0.2, 0.25) is 0 Å². The van der Waals surface area contributed by atoms with E-state index < -0.39 is 0 Å². The summed E-state index contributed by atoms with van der Waals surface area (Å²) in [4.78, 5) is 0. The van der Waals surface area contributed by atoms with Gasteiger partial charge < -0.3 is 5.11 Å². The van der Waals surface area contributed by atoms with E-state index in [2.05, 4.69) is 13.8 Å². The van der Waals surface area contributed by atoms with Crippen LogP contribution in [0.1, 0.15) is 71.6 Å². The Morgan fingerprint density at radius 3 is 2.55 bits per heavy atom. The van der Waals surface area contributed by atoms with Crippen molar-refractivity contribution < 1.29 is 5.11 Å². The molecule has 0 radical (unpaired) electrons. The third kappa shape index (κ3) is 1.59. The molecule has 1 nitrogen and oxygen atoms in total. The molecule has 1 N–H and O–H groups in total. The maximum absolute atomic E-state index is 9.62. The van der Waals surface area contributed by atoms with Crippen LogP contribution in [0.15, 0.2) is 0 Å². The molecule has 0 aliphatic heterocycles. The van der Waals surface area contributed by atoms with Gasteiger partial charge in [0.05, 0.1) is 0 Å². The first-order valence-electron chi connectivity index (χ1n) is 9.20. The molecule has 0 heterocycles. The summed E-state index contributed by atoms with van der Waals surface area (Å²) in [6.45, 7) is 5.58. The molecule has 0 aromatic heterocycles. The molecule has 0 aromatic carbocycles. The molecule has 0 saturated heterocycles. The van der Waals surface area contributed by atoms with Crippen LogP contribution in [0.3, 0.4) is 0 Å². The van der Waals surface area contributed by atoms with E-state index in [4.69, 9.17) is 0 Å². The first-order chi connectivity index (χ1) is 9.59. The summed E-state index contributed by atoms with van der Waals surface area (Å²) in [5, 5.41) is 9.62. The van der Waals surface area contributed by atoms with E-state index in [9.17, 15) is 5.11 Å². The van der Waals surface area contributed by atoms with Crippen molar-refractivity contribution >= 4 is 0 Å². The van der Waals surface area contributed by atoms with Crippen molar-refractivity contribution in [3.63, 3.8) is 0 Å². The minimum atomic E-state index is 0.435. The van der Waals surface area contributed by atoms with Crippen molar-refractivity contribution in [3.05, 3.63) is 0 Å². The molecule has 4 rings (SSSR count). The molecule has 114 valence electrons. The fourth-order valence-corrected chi connectivity index (χ4v) is 7.29.